The zero-order valence-electron chi connectivity index (χ0n) is 7.22. The standard InChI is InChI=1S/C9H13N3/c1-5-9-7-3-2-6(10-7)4-8(9)12-11-5/h6-7,10H,2-4H2,1H3,(H,11,12). The van der Waals surface area contributed by atoms with Crippen LogP contribution in [0.1, 0.15) is 35.8 Å². The van der Waals surface area contributed by atoms with Crippen LogP contribution in [0, 0.1) is 6.92 Å². The molecule has 0 saturated carbocycles. The molecule has 1 saturated heterocycles. The van der Waals surface area contributed by atoms with Crippen molar-refractivity contribution >= 4 is 0 Å². The summed E-state index contributed by atoms with van der Waals surface area (Å²) in [6, 6.07) is 1.29. The molecule has 1 aromatic rings. The Balaban J connectivity index is 2.15. The fourth-order valence-electron chi connectivity index (χ4n) is 2.55. The lowest BCUT2D eigenvalue weighted by Crippen LogP contribution is -2.31. The van der Waals surface area contributed by atoms with Gasteiger partial charge in [-0.05, 0) is 19.8 Å². The molecular formula is C9H13N3. The molecule has 2 aliphatic heterocycles. The largest absolute Gasteiger partial charge is 0.307 e. The van der Waals surface area contributed by atoms with E-state index in [4.69, 9.17) is 0 Å². The van der Waals surface area contributed by atoms with E-state index in [0.29, 0.717) is 12.1 Å². The first kappa shape index (κ1) is 6.66. The summed E-state index contributed by atoms with van der Waals surface area (Å²) in [5, 5.41) is 11.0. The van der Waals surface area contributed by atoms with Gasteiger partial charge in [-0.15, -0.1) is 0 Å². The highest BCUT2D eigenvalue weighted by atomic mass is 15.1. The smallest absolute Gasteiger partial charge is 0.0688 e. The van der Waals surface area contributed by atoms with Gasteiger partial charge in [-0.2, -0.15) is 5.10 Å². The molecule has 0 spiro atoms. The minimum absolute atomic E-state index is 0.595. The second-order valence-corrected chi connectivity index (χ2v) is 3.91. The summed E-state index contributed by atoms with van der Waals surface area (Å²) in [5.41, 5.74) is 4.00. The average Bonchev–Trinajstić information content (AvgIpc) is 2.59. The molecule has 3 heterocycles. The average molecular weight is 163 g/mol. The predicted octanol–water partition coefficient (Wildman–Crippen LogP) is 1.07. The first-order chi connectivity index (χ1) is 5.84. The highest BCUT2D eigenvalue weighted by molar-refractivity contribution is 5.33. The third-order valence-corrected chi connectivity index (χ3v) is 3.10. The van der Waals surface area contributed by atoms with Crippen molar-refractivity contribution in [3.8, 4) is 0 Å². The number of rotatable bonds is 0. The maximum Gasteiger partial charge on any atom is 0.0688 e. The van der Waals surface area contributed by atoms with E-state index in [1.165, 1.54) is 29.8 Å². The molecule has 2 bridgehead atoms. The molecular weight excluding hydrogens is 150 g/mol. The van der Waals surface area contributed by atoms with Crippen LogP contribution < -0.4 is 5.32 Å². The van der Waals surface area contributed by atoms with Gasteiger partial charge in [-0.1, -0.05) is 0 Å². The fraction of sp³-hybridized carbons (Fsp3) is 0.667. The zero-order valence-corrected chi connectivity index (χ0v) is 7.22. The van der Waals surface area contributed by atoms with Crippen LogP contribution in [0.4, 0.5) is 0 Å². The topological polar surface area (TPSA) is 40.7 Å². The second kappa shape index (κ2) is 2.10. The number of aryl methyl sites for hydroxylation is 1. The zero-order chi connectivity index (χ0) is 8.13. The quantitative estimate of drug-likeness (QED) is 0.600. The van der Waals surface area contributed by atoms with Gasteiger partial charge in [0, 0.05) is 29.8 Å². The third-order valence-electron chi connectivity index (χ3n) is 3.10. The first-order valence-electron chi connectivity index (χ1n) is 4.64. The van der Waals surface area contributed by atoms with Gasteiger partial charge in [0.15, 0.2) is 0 Å². The van der Waals surface area contributed by atoms with Crippen molar-refractivity contribution in [1.82, 2.24) is 15.5 Å². The van der Waals surface area contributed by atoms with Gasteiger partial charge >= 0.3 is 0 Å². The molecule has 1 aromatic heterocycles. The Bertz CT molecular complexity index is 316. The van der Waals surface area contributed by atoms with E-state index < -0.39 is 0 Å². The molecule has 2 unspecified atom stereocenters. The van der Waals surface area contributed by atoms with E-state index in [1.807, 2.05) is 0 Å². The van der Waals surface area contributed by atoms with Crippen LogP contribution in [0.15, 0.2) is 0 Å². The van der Waals surface area contributed by atoms with Crippen LogP contribution in [0.2, 0.25) is 0 Å². The number of hydrogen-bond donors (Lipinski definition) is 2. The lowest BCUT2D eigenvalue weighted by molar-refractivity contribution is 0.510. The van der Waals surface area contributed by atoms with Crippen molar-refractivity contribution in [2.24, 2.45) is 0 Å². The van der Waals surface area contributed by atoms with Crippen LogP contribution in [-0.4, -0.2) is 16.2 Å². The van der Waals surface area contributed by atoms with Crippen molar-refractivity contribution in [2.75, 3.05) is 0 Å². The molecule has 3 nitrogen and oxygen atoms in total. The van der Waals surface area contributed by atoms with Crippen molar-refractivity contribution < 1.29 is 0 Å². The molecule has 0 aromatic carbocycles. The maximum atomic E-state index is 4.33. The fourth-order valence-corrected chi connectivity index (χ4v) is 2.55. The molecule has 64 valence electrons. The van der Waals surface area contributed by atoms with E-state index in [0.717, 1.165) is 6.42 Å². The van der Waals surface area contributed by atoms with Gasteiger partial charge in [0.25, 0.3) is 0 Å². The predicted molar refractivity (Wildman–Crippen MR) is 45.9 cm³/mol. The van der Waals surface area contributed by atoms with Gasteiger partial charge < -0.3 is 5.32 Å². The van der Waals surface area contributed by atoms with Gasteiger partial charge in [0.1, 0.15) is 0 Å². The molecule has 2 atom stereocenters. The van der Waals surface area contributed by atoms with E-state index >= 15 is 0 Å². The second-order valence-electron chi connectivity index (χ2n) is 3.91. The van der Waals surface area contributed by atoms with Gasteiger partial charge in [0.2, 0.25) is 0 Å². The van der Waals surface area contributed by atoms with Crippen LogP contribution >= 0.6 is 0 Å². The van der Waals surface area contributed by atoms with Crippen LogP contribution in [0.5, 0.6) is 0 Å². The number of hydrogen-bond acceptors (Lipinski definition) is 2. The summed E-state index contributed by atoms with van der Waals surface area (Å²) in [7, 11) is 0. The number of aromatic nitrogens is 2. The first-order valence-corrected chi connectivity index (χ1v) is 4.64. The molecule has 0 aliphatic carbocycles. The van der Waals surface area contributed by atoms with Crippen molar-refractivity contribution in [2.45, 2.75) is 38.3 Å². The molecule has 2 aliphatic rings. The summed E-state index contributed by atoms with van der Waals surface area (Å²) in [4.78, 5) is 0. The highest BCUT2D eigenvalue weighted by Crippen LogP contribution is 2.36. The molecule has 0 amide bonds. The minimum Gasteiger partial charge on any atom is -0.307 e. The van der Waals surface area contributed by atoms with E-state index in [1.54, 1.807) is 0 Å². The van der Waals surface area contributed by atoms with E-state index in [2.05, 4.69) is 22.4 Å². The lowest BCUT2D eigenvalue weighted by atomic mass is 10.0. The maximum absolute atomic E-state index is 4.33. The Morgan fingerprint density at radius 3 is 3.25 bits per heavy atom. The summed E-state index contributed by atoms with van der Waals surface area (Å²) in [6.07, 6.45) is 3.73. The number of nitrogens with one attached hydrogen (secondary N) is 2. The van der Waals surface area contributed by atoms with Crippen molar-refractivity contribution in [1.29, 1.82) is 0 Å². The lowest BCUT2D eigenvalue weighted by Gasteiger charge is -2.20. The molecule has 1 fully saturated rings. The minimum atomic E-state index is 0.595. The molecule has 2 N–H and O–H groups in total. The van der Waals surface area contributed by atoms with E-state index in [-0.39, 0.29) is 0 Å². The Morgan fingerprint density at radius 1 is 1.42 bits per heavy atom. The summed E-state index contributed by atoms with van der Waals surface area (Å²) in [5.74, 6) is 0. The molecule has 12 heavy (non-hydrogen) atoms. The Morgan fingerprint density at radius 2 is 2.33 bits per heavy atom. The van der Waals surface area contributed by atoms with Crippen molar-refractivity contribution in [3.63, 3.8) is 0 Å². The summed E-state index contributed by atoms with van der Waals surface area (Å²) >= 11 is 0. The Hall–Kier alpha value is -0.830. The van der Waals surface area contributed by atoms with Crippen LogP contribution in [-0.2, 0) is 6.42 Å². The third kappa shape index (κ3) is 0.719. The van der Waals surface area contributed by atoms with Crippen LogP contribution in [0.25, 0.3) is 0 Å². The Kier molecular flexibility index (Phi) is 1.17. The van der Waals surface area contributed by atoms with Crippen LogP contribution in [0.3, 0.4) is 0 Å². The number of nitrogens with zero attached hydrogens (tertiary/aromatic N) is 1. The number of aromatic amines is 1. The Labute approximate surface area is 71.6 Å². The summed E-state index contributed by atoms with van der Waals surface area (Å²) < 4.78 is 0. The molecule has 3 rings (SSSR count). The number of fused-ring (bicyclic) bond motifs is 4. The molecule has 0 radical (unpaired) electrons. The summed E-state index contributed by atoms with van der Waals surface area (Å²) in [6.45, 7) is 2.12. The van der Waals surface area contributed by atoms with Gasteiger partial charge in [-0.25, -0.2) is 0 Å². The number of H-pyrrole nitrogens is 1. The normalized spacial score (nSPS) is 32.1. The highest BCUT2D eigenvalue weighted by Gasteiger charge is 2.34. The van der Waals surface area contributed by atoms with E-state index in [9.17, 15) is 0 Å². The SMILES string of the molecule is Cc1[nH]nc2c1C1CCC(C2)N1. The van der Waals surface area contributed by atoms with Crippen molar-refractivity contribution in [3.05, 3.63) is 17.0 Å². The van der Waals surface area contributed by atoms with Gasteiger partial charge in [-0.3, -0.25) is 5.10 Å². The monoisotopic (exact) mass is 163 g/mol. The van der Waals surface area contributed by atoms with Gasteiger partial charge in [0.05, 0.1) is 5.69 Å². The molecule has 3 heteroatoms.